The fraction of sp³-hybridized carbons (Fsp3) is 0.692. The molecule has 108 valence electrons. The number of likely N-dealkylation sites (N-methyl/N-ethyl adjacent to an activating group) is 1. The minimum absolute atomic E-state index is 0.0336. The fourth-order valence-corrected chi connectivity index (χ4v) is 2.60. The molecule has 0 spiro atoms. The van der Waals surface area contributed by atoms with E-state index in [0.29, 0.717) is 19.6 Å². The molecule has 1 N–H and O–H groups in total. The van der Waals surface area contributed by atoms with Gasteiger partial charge in [-0.1, -0.05) is 18.3 Å². The first kappa shape index (κ1) is 15.9. The van der Waals surface area contributed by atoms with Crippen molar-refractivity contribution in [2.24, 2.45) is 0 Å². The normalized spacial score (nSPS) is 11.3. The maximum absolute atomic E-state index is 11.7. The Morgan fingerprint density at radius 1 is 1.53 bits per heavy atom. The maximum atomic E-state index is 11.7. The molecule has 0 aliphatic rings. The van der Waals surface area contributed by atoms with Gasteiger partial charge in [-0.3, -0.25) is 14.5 Å². The molecule has 0 aliphatic carbocycles. The molecule has 0 radical (unpaired) electrons. The lowest BCUT2D eigenvalue weighted by Gasteiger charge is -2.21. The third kappa shape index (κ3) is 5.16. The third-order valence-corrected chi connectivity index (χ3v) is 3.76. The number of nitrogens with one attached hydrogen (secondary N) is 1. The van der Waals surface area contributed by atoms with Crippen LogP contribution in [-0.2, 0) is 11.3 Å². The Balaban J connectivity index is 2.49. The summed E-state index contributed by atoms with van der Waals surface area (Å²) in [7, 11) is 0. The molecule has 19 heavy (non-hydrogen) atoms. The van der Waals surface area contributed by atoms with Crippen LogP contribution in [0.5, 0.6) is 0 Å². The first-order valence-corrected chi connectivity index (χ1v) is 7.48. The van der Waals surface area contributed by atoms with Crippen molar-refractivity contribution in [3.05, 3.63) is 20.7 Å². The maximum Gasteiger partial charge on any atom is 0.307 e. The van der Waals surface area contributed by atoms with Gasteiger partial charge in [-0.15, -0.1) is 0 Å². The van der Waals surface area contributed by atoms with Crippen LogP contribution in [0.1, 0.15) is 26.5 Å². The van der Waals surface area contributed by atoms with Gasteiger partial charge in [0.15, 0.2) is 0 Å². The molecule has 0 atom stereocenters. The molecule has 1 heterocycles. The number of hydrogen-bond acceptors (Lipinski definition) is 4. The van der Waals surface area contributed by atoms with Crippen molar-refractivity contribution < 1.29 is 4.79 Å². The largest absolute Gasteiger partial charge is 0.353 e. The highest BCUT2D eigenvalue weighted by Gasteiger charge is 2.11. The molecule has 1 amide bonds. The summed E-state index contributed by atoms with van der Waals surface area (Å²) in [6.45, 7) is 10.4. The lowest BCUT2D eigenvalue weighted by Crippen LogP contribution is -2.41. The van der Waals surface area contributed by atoms with Crippen molar-refractivity contribution in [1.29, 1.82) is 0 Å². The Morgan fingerprint density at radius 3 is 2.68 bits per heavy atom. The van der Waals surface area contributed by atoms with Crippen LogP contribution in [0.15, 0.2) is 10.2 Å². The van der Waals surface area contributed by atoms with Gasteiger partial charge in [-0.05, 0) is 27.3 Å². The number of rotatable bonds is 7. The molecule has 0 aliphatic heterocycles. The van der Waals surface area contributed by atoms with E-state index in [0.717, 1.165) is 12.2 Å². The van der Waals surface area contributed by atoms with E-state index in [1.807, 2.05) is 38.0 Å². The van der Waals surface area contributed by atoms with Crippen LogP contribution in [0.3, 0.4) is 0 Å². The molecule has 0 bridgehead atoms. The van der Waals surface area contributed by atoms with Gasteiger partial charge in [0.05, 0.1) is 6.54 Å². The Morgan fingerprint density at radius 2 is 2.21 bits per heavy atom. The standard InChI is InChI=1S/C13H23N3O2S/c1-5-15(8-12(17)14-10(2)3)6-7-16-11(4)9-19-13(16)18/h9-10H,5-8H2,1-4H3,(H,14,17). The smallest absolute Gasteiger partial charge is 0.307 e. The van der Waals surface area contributed by atoms with Gasteiger partial charge < -0.3 is 9.88 Å². The van der Waals surface area contributed by atoms with E-state index in [9.17, 15) is 9.59 Å². The summed E-state index contributed by atoms with van der Waals surface area (Å²) < 4.78 is 1.76. The van der Waals surface area contributed by atoms with Crippen molar-refractivity contribution in [2.75, 3.05) is 19.6 Å². The number of thiazole rings is 1. The van der Waals surface area contributed by atoms with E-state index < -0.39 is 0 Å². The van der Waals surface area contributed by atoms with Gasteiger partial charge in [0, 0.05) is 30.2 Å². The topological polar surface area (TPSA) is 54.3 Å². The molecule has 0 saturated carbocycles. The highest BCUT2D eigenvalue weighted by atomic mass is 32.1. The Kier molecular flexibility index (Phi) is 6.24. The van der Waals surface area contributed by atoms with Crippen LogP contribution in [0, 0.1) is 6.92 Å². The zero-order valence-electron chi connectivity index (χ0n) is 12.1. The second kappa shape index (κ2) is 7.45. The Labute approximate surface area is 118 Å². The summed E-state index contributed by atoms with van der Waals surface area (Å²) in [6, 6.07) is 0.160. The van der Waals surface area contributed by atoms with Crippen LogP contribution in [0.4, 0.5) is 0 Å². The van der Waals surface area contributed by atoms with Crippen molar-refractivity contribution >= 4 is 17.2 Å². The van der Waals surface area contributed by atoms with E-state index in [2.05, 4.69) is 5.32 Å². The SMILES string of the molecule is CCN(CCn1c(C)csc1=O)CC(=O)NC(C)C. The highest BCUT2D eigenvalue weighted by molar-refractivity contribution is 7.07. The summed E-state index contributed by atoms with van der Waals surface area (Å²) in [4.78, 5) is 25.4. The van der Waals surface area contributed by atoms with Gasteiger partial charge in [-0.2, -0.15) is 0 Å². The zero-order valence-corrected chi connectivity index (χ0v) is 12.9. The molecule has 1 aromatic heterocycles. The number of aromatic nitrogens is 1. The monoisotopic (exact) mass is 285 g/mol. The molecule has 6 heteroatoms. The molecule has 0 aromatic carbocycles. The number of amides is 1. The van der Waals surface area contributed by atoms with Gasteiger partial charge in [0.25, 0.3) is 0 Å². The zero-order chi connectivity index (χ0) is 14.4. The van der Waals surface area contributed by atoms with Crippen LogP contribution in [-0.4, -0.2) is 41.1 Å². The van der Waals surface area contributed by atoms with Crippen molar-refractivity contribution in [3.8, 4) is 0 Å². The summed E-state index contributed by atoms with van der Waals surface area (Å²) in [6.07, 6.45) is 0. The average molecular weight is 285 g/mol. The van der Waals surface area contributed by atoms with Crippen LogP contribution < -0.4 is 10.2 Å². The average Bonchev–Trinajstić information content (AvgIpc) is 2.64. The molecule has 1 rings (SSSR count). The number of carbonyl (C=O) groups is 1. The van der Waals surface area contributed by atoms with Crippen molar-refractivity contribution in [1.82, 2.24) is 14.8 Å². The molecular formula is C13H23N3O2S. The summed E-state index contributed by atoms with van der Waals surface area (Å²) in [5.41, 5.74) is 0.984. The van der Waals surface area contributed by atoms with E-state index in [1.165, 1.54) is 11.3 Å². The molecule has 0 unspecified atom stereocenters. The first-order valence-electron chi connectivity index (χ1n) is 6.60. The lowest BCUT2D eigenvalue weighted by molar-refractivity contribution is -0.122. The Hall–Kier alpha value is -1.14. The minimum Gasteiger partial charge on any atom is -0.353 e. The van der Waals surface area contributed by atoms with Gasteiger partial charge in [0.1, 0.15) is 0 Å². The predicted octanol–water partition coefficient (Wildman–Crippen LogP) is 1.06. The van der Waals surface area contributed by atoms with Gasteiger partial charge >= 0.3 is 4.87 Å². The predicted molar refractivity (Wildman–Crippen MR) is 78.7 cm³/mol. The van der Waals surface area contributed by atoms with Crippen LogP contribution in [0.25, 0.3) is 0 Å². The van der Waals surface area contributed by atoms with Crippen LogP contribution in [0.2, 0.25) is 0 Å². The molecular weight excluding hydrogens is 262 g/mol. The number of nitrogens with zero attached hydrogens (tertiary/aromatic N) is 2. The quantitative estimate of drug-likeness (QED) is 0.815. The minimum atomic E-state index is 0.0336. The molecule has 5 nitrogen and oxygen atoms in total. The van der Waals surface area contributed by atoms with E-state index in [-0.39, 0.29) is 16.8 Å². The molecule has 0 fully saturated rings. The summed E-state index contributed by atoms with van der Waals surface area (Å²) in [5, 5.41) is 4.74. The van der Waals surface area contributed by atoms with Gasteiger partial charge in [-0.25, -0.2) is 0 Å². The number of hydrogen-bond donors (Lipinski definition) is 1. The molecule has 1 aromatic rings. The third-order valence-electron chi connectivity index (χ3n) is 2.88. The van der Waals surface area contributed by atoms with E-state index in [1.54, 1.807) is 4.57 Å². The number of aryl methyl sites for hydroxylation is 1. The second-order valence-electron chi connectivity index (χ2n) is 4.89. The lowest BCUT2D eigenvalue weighted by atomic mass is 10.3. The highest BCUT2D eigenvalue weighted by Crippen LogP contribution is 2.00. The second-order valence-corrected chi connectivity index (χ2v) is 5.71. The Bertz CT molecular complexity index is 465. The van der Waals surface area contributed by atoms with E-state index >= 15 is 0 Å². The number of carbonyl (C=O) groups excluding carboxylic acids is 1. The van der Waals surface area contributed by atoms with E-state index in [4.69, 9.17) is 0 Å². The first-order chi connectivity index (χ1) is 8.93. The van der Waals surface area contributed by atoms with Gasteiger partial charge in [0.2, 0.25) is 5.91 Å². The summed E-state index contributed by atoms with van der Waals surface area (Å²) in [5.74, 6) is 0.0336. The van der Waals surface area contributed by atoms with Crippen molar-refractivity contribution in [2.45, 2.75) is 40.3 Å². The molecule has 0 saturated heterocycles. The fourth-order valence-electron chi connectivity index (χ4n) is 1.84. The summed E-state index contributed by atoms with van der Waals surface area (Å²) >= 11 is 1.22. The van der Waals surface area contributed by atoms with Crippen molar-refractivity contribution in [3.63, 3.8) is 0 Å². The van der Waals surface area contributed by atoms with Crippen LogP contribution >= 0.6 is 11.3 Å².